The summed E-state index contributed by atoms with van der Waals surface area (Å²) in [6.45, 7) is 4.18. The third kappa shape index (κ3) is 3.33. The molecule has 96 valence electrons. The van der Waals surface area contributed by atoms with E-state index in [0.29, 0.717) is 0 Å². The van der Waals surface area contributed by atoms with Crippen LogP contribution >= 0.6 is 11.8 Å². The Labute approximate surface area is 113 Å². The number of thioether (sulfide) groups is 1. The van der Waals surface area contributed by atoms with Crippen LogP contribution in [-0.4, -0.2) is 10.8 Å². The smallest absolute Gasteiger partial charge is 0.0553 e. The summed E-state index contributed by atoms with van der Waals surface area (Å²) in [4.78, 5) is 1.30. The Morgan fingerprint density at radius 3 is 2.89 bits per heavy atom. The average Bonchev–Trinajstić information content (AvgIpc) is 2.85. The lowest BCUT2D eigenvalue weighted by Crippen LogP contribution is -2.06. The molecule has 0 spiro atoms. The summed E-state index contributed by atoms with van der Waals surface area (Å²) in [6, 6.07) is 12.8. The summed E-state index contributed by atoms with van der Waals surface area (Å²) < 4.78 is 2.31. The van der Waals surface area contributed by atoms with E-state index in [1.807, 2.05) is 0 Å². The van der Waals surface area contributed by atoms with E-state index in [1.165, 1.54) is 22.7 Å². The van der Waals surface area contributed by atoms with Gasteiger partial charge in [0.15, 0.2) is 0 Å². The molecule has 2 aromatic rings. The topological polar surface area (TPSA) is 17.0 Å². The van der Waals surface area contributed by atoms with Crippen molar-refractivity contribution in [3.05, 3.63) is 48.3 Å². The zero-order chi connectivity index (χ0) is 12.8. The SMILES string of the molecule is CCCn1cccc1CNc1cccc(SC)c1. The Morgan fingerprint density at radius 2 is 2.11 bits per heavy atom. The van der Waals surface area contributed by atoms with Gasteiger partial charge in [0, 0.05) is 29.0 Å². The van der Waals surface area contributed by atoms with E-state index in [1.54, 1.807) is 11.8 Å². The molecule has 3 heteroatoms. The van der Waals surface area contributed by atoms with Crippen molar-refractivity contribution >= 4 is 17.4 Å². The van der Waals surface area contributed by atoms with Gasteiger partial charge >= 0.3 is 0 Å². The van der Waals surface area contributed by atoms with Crippen LogP contribution in [0.5, 0.6) is 0 Å². The standard InChI is InChI=1S/C15H20N2S/c1-3-9-17-10-5-7-14(17)12-16-13-6-4-8-15(11-13)18-2/h4-8,10-11,16H,3,9,12H2,1-2H3. The lowest BCUT2D eigenvalue weighted by molar-refractivity contribution is 0.654. The van der Waals surface area contributed by atoms with Crippen LogP contribution in [0.3, 0.4) is 0 Å². The van der Waals surface area contributed by atoms with Gasteiger partial charge in [0.25, 0.3) is 0 Å². The molecule has 0 aliphatic carbocycles. The number of anilines is 1. The predicted molar refractivity (Wildman–Crippen MR) is 80.3 cm³/mol. The molecule has 0 aliphatic heterocycles. The fraction of sp³-hybridized carbons (Fsp3) is 0.333. The first-order valence-corrected chi connectivity index (χ1v) is 7.58. The quantitative estimate of drug-likeness (QED) is 0.783. The van der Waals surface area contributed by atoms with E-state index in [2.05, 4.69) is 65.7 Å². The van der Waals surface area contributed by atoms with E-state index in [0.717, 1.165) is 13.1 Å². The minimum absolute atomic E-state index is 0.880. The molecule has 0 fully saturated rings. The van der Waals surface area contributed by atoms with Crippen LogP contribution in [0.4, 0.5) is 5.69 Å². The van der Waals surface area contributed by atoms with Crippen LogP contribution in [0.25, 0.3) is 0 Å². The van der Waals surface area contributed by atoms with Crippen molar-refractivity contribution in [3.63, 3.8) is 0 Å². The first-order valence-electron chi connectivity index (χ1n) is 6.35. The first kappa shape index (κ1) is 13.1. The van der Waals surface area contributed by atoms with Gasteiger partial charge in [-0.25, -0.2) is 0 Å². The van der Waals surface area contributed by atoms with E-state index in [4.69, 9.17) is 0 Å². The molecule has 1 heterocycles. The van der Waals surface area contributed by atoms with Crippen LogP contribution in [0.2, 0.25) is 0 Å². The highest BCUT2D eigenvalue weighted by Gasteiger charge is 2.00. The molecule has 2 rings (SSSR count). The average molecular weight is 260 g/mol. The second-order valence-corrected chi connectivity index (χ2v) is 5.16. The van der Waals surface area contributed by atoms with E-state index >= 15 is 0 Å². The maximum Gasteiger partial charge on any atom is 0.0553 e. The molecule has 18 heavy (non-hydrogen) atoms. The molecule has 1 aromatic heterocycles. The first-order chi connectivity index (χ1) is 8.83. The van der Waals surface area contributed by atoms with Crippen LogP contribution in [-0.2, 0) is 13.1 Å². The van der Waals surface area contributed by atoms with Gasteiger partial charge in [-0.05, 0) is 43.0 Å². The van der Waals surface area contributed by atoms with Crippen molar-refractivity contribution in [2.45, 2.75) is 31.3 Å². The molecule has 0 unspecified atom stereocenters. The molecule has 0 amide bonds. The highest BCUT2D eigenvalue weighted by molar-refractivity contribution is 7.98. The lowest BCUT2D eigenvalue weighted by Gasteiger charge is -2.10. The fourth-order valence-electron chi connectivity index (χ4n) is 1.99. The maximum absolute atomic E-state index is 3.49. The summed E-state index contributed by atoms with van der Waals surface area (Å²) in [5, 5.41) is 3.49. The van der Waals surface area contributed by atoms with Crippen molar-refractivity contribution in [2.75, 3.05) is 11.6 Å². The minimum atomic E-state index is 0.880. The van der Waals surface area contributed by atoms with Crippen molar-refractivity contribution in [3.8, 4) is 0 Å². The second-order valence-electron chi connectivity index (χ2n) is 4.28. The Bertz CT molecular complexity index is 491. The summed E-state index contributed by atoms with van der Waals surface area (Å²) >= 11 is 1.77. The molecule has 0 bridgehead atoms. The van der Waals surface area contributed by atoms with Gasteiger partial charge in [-0.1, -0.05) is 13.0 Å². The van der Waals surface area contributed by atoms with Gasteiger partial charge in [0.1, 0.15) is 0 Å². The summed E-state index contributed by atoms with van der Waals surface area (Å²) in [5.74, 6) is 0. The normalized spacial score (nSPS) is 10.6. The van der Waals surface area contributed by atoms with Gasteiger partial charge in [-0.15, -0.1) is 11.8 Å². The molecule has 2 nitrogen and oxygen atoms in total. The largest absolute Gasteiger partial charge is 0.379 e. The number of rotatable bonds is 6. The van der Waals surface area contributed by atoms with Crippen molar-refractivity contribution in [2.24, 2.45) is 0 Å². The zero-order valence-corrected chi connectivity index (χ0v) is 11.8. The van der Waals surface area contributed by atoms with Gasteiger partial charge in [0.05, 0.1) is 6.54 Å². The maximum atomic E-state index is 3.49. The number of aryl methyl sites for hydroxylation is 1. The molecule has 0 aliphatic rings. The van der Waals surface area contributed by atoms with Gasteiger partial charge in [0.2, 0.25) is 0 Å². The minimum Gasteiger partial charge on any atom is -0.379 e. The highest BCUT2D eigenvalue weighted by atomic mass is 32.2. The second kappa shape index (κ2) is 6.55. The number of nitrogens with zero attached hydrogens (tertiary/aromatic N) is 1. The third-order valence-electron chi connectivity index (χ3n) is 2.93. The molecular formula is C15H20N2S. The van der Waals surface area contributed by atoms with Crippen LogP contribution in [0, 0.1) is 0 Å². The molecule has 0 radical (unpaired) electrons. The Kier molecular flexibility index (Phi) is 4.76. The fourth-order valence-corrected chi connectivity index (χ4v) is 2.45. The summed E-state index contributed by atoms with van der Waals surface area (Å²) in [7, 11) is 0. The third-order valence-corrected chi connectivity index (χ3v) is 3.66. The Hall–Kier alpha value is -1.35. The van der Waals surface area contributed by atoms with Crippen LogP contribution in [0.1, 0.15) is 19.0 Å². The van der Waals surface area contributed by atoms with Crippen molar-refractivity contribution < 1.29 is 0 Å². The number of nitrogens with one attached hydrogen (secondary N) is 1. The van der Waals surface area contributed by atoms with E-state index < -0.39 is 0 Å². The van der Waals surface area contributed by atoms with Crippen molar-refractivity contribution in [1.29, 1.82) is 0 Å². The van der Waals surface area contributed by atoms with E-state index in [-0.39, 0.29) is 0 Å². The van der Waals surface area contributed by atoms with Gasteiger partial charge < -0.3 is 9.88 Å². The highest BCUT2D eigenvalue weighted by Crippen LogP contribution is 2.19. The number of hydrogen-bond donors (Lipinski definition) is 1. The predicted octanol–water partition coefficient (Wildman–Crippen LogP) is 4.23. The number of aromatic nitrogens is 1. The van der Waals surface area contributed by atoms with Crippen LogP contribution < -0.4 is 5.32 Å². The molecule has 0 saturated heterocycles. The number of benzene rings is 1. The molecular weight excluding hydrogens is 240 g/mol. The molecule has 1 N–H and O–H groups in total. The Balaban J connectivity index is 1.99. The van der Waals surface area contributed by atoms with Gasteiger partial charge in [-0.2, -0.15) is 0 Å². The van der Waals surface area contributed by atoms with Gasteiger partial charge in [-0.3, -0.25) is 0 Å². The molecule has 1 aromatic carbocycles. The van der Waals surface area contributed by atoms with Crippen LogP contribution in [0.15, 0.2) is 47.5 Å². The lowest BCUT2D eigenvalue weighted by atomic mass is 10.3. The van der Waals surface area contributed by atoms with E-state index in [9.17, 15) is 0 Å². The van der Waals surface area contributed by atoms with Crippen molar-refractivity contribution in [1.82, 2.24) is 4.57 Å². The summed E-state index contributed by atoms with van der Waals surface area (Å²) in [5.41, 5.74) is 2.53. The Morgan fingerprint density at radius 1 is 1.22 bits per heavy atom. The monoisotopic (exact) mass is 260 g/mol. The summed E-state index contributed by atoms with van der Waals surface area (Å²) in [6.07, 6.45) is 5.42. The zero-order valence-electron chi connectivity index (χ0n) is 11.0. The molecule has 0 atom stereocenters. The molecule has 0 saturated carbocycles. The number of hydrogen-bond acceptors (Lipinski definition) is 2.